The molecular formula is C10H11ClN4. The van der Waals surface area contributed by atoms with Crippen LogP contribution in [0.25, 0.3) is 11.2 Å². The normalized spacial score (nSPS) is 12.7. The van der Waals surface area contributed by atoms with Gasteiger partial charge < -0.3 is 5.32 Å². The molecule has 0 aliphatic rings. The van der Waals surface area contributed by atoms with Crippen LogP contribution in [0.1, 0.15) is 6.92 Å². The molecule has 0 aromatic carbocycles. The Hall–Kier alpha value is -1.42. The Morgan fingerprint density at radius 1 is 1.33 bits per heavy atom. The van der Waals surface area contributed by atoms with Crippen LogP contribution in [0, 0.1) is 0 Å². The van der Waals surface area contributed by atoms with Crippen molar-refractivity contribution in [1.82, 2.24) is 15.0 Å². The molecule has 2 aromatic heterocycles. The third-order valence-corrected chi connectivity index (χ3v) is 2.05. The van der Waals surface area contributed by atoms with Gasteiger partial charge in [0.15, 0.2) is 5.65 Å². The van der Waals surface area contributed by atoms with Gasteiger partial charge in [0, 0.05) is 24.3 Å². The van der Waals surface area contributed by atoms with Crippen molar-refractivity contribution >= 4 is 28.6 Å². The number of pyridine rings is 1. The van der Waals surface area contributed by atoms with Crippen LogP contribution in [0.2, 0.25) is 0 Å². The minimum absolute atomic E-state index is 0.0735. The molecule has 15 heavy (non-hydrogen) atoms. The van der Waals surface area contributed by atoms with Crippen LogP contribution in [0.4, 0.5) is 5.82 Å². The van der Waals surface area contributed by atoms with E-state index >= 15 is 0 Å². The lowest BCUT2D eigenvalue weighted by molar-refractivity contribution is 0.979. The number of aromatic nitrogens is 3. The highest BCUT2D eigenvalue weighted by Crippen LogP contribution is 2.10. The quantitative estimate of drug-likeness (QED) is 0.808. The van der Waals surface area contributed by atoms with Crippen LogP contribution in [0.3, 0.4) is 0 Å². The van der Waals surface area contributed by atoms with Crippen molar-refractivity contribution in [2.45, 2.75) is 12.3 Å². The number of halogens is 1. The van der Waals surface area contributed by atoms with Crippen molar-refractivity contribution in [1.29, 1.82) is 0 Å². The second-order valence-corrected chi connectivity index (χ2v) is 4.00. The molecule has 4 nitrogen and oxygen atoms in total. The van der Waals surface area contributed by atoms with Gasteiger partial charge in [0.2, 0.25) is 0 Å². The number of hydrogen-bond donors (Lipinski definition) is 1. The number of fused-ring (bicyclic) bond motifs is 1. The Kier molecular flexibility index (Phi) is 2.97. The molecular weight excluding hydrogens is 212 g/mol. The van der Waals surface area contributed by atoms with Gasteiger partial charge in [0.25, 0.3) is 0 Å². The van der Waals surface area contributed by atoms with Gasteiger partial charge in [-0.05, 0) is 19.1 Å². The van der Waals surface area contributed by atoms with Crippen molar-refractivity contribution < 1.29 is 0 Å². The van der Waals surface area contributed by atoms with E-state index in [2.05, 4.69) is 20.3 Å². The second-order valence-electron chi connectivity index (χ2n) is 3.26. The number of anilines is 1. The summed E-state index contributed by atoms with van der Waals surface area (Å²) < 4.78 is 0. The Morgan fingerprint density at radius 3 is 2.93 bits per heavy atom. The molecule has 1 N–H and O–H groups in total. The molecule has 1 unspecified atom stereocenters. The highest BCUT2D eigenvalue weighted by molar-refractivity contribution is 6.20. The van der Waals surface area contributed by atoms with Crippen molar-refractivity contribution in [3.8, 4) is 0 Å². The summed E-state index contributed by atoms with van der Waals surface area (Å²) in [4.78, 5) is 12.6. The minimum Gasteiger partial charge on any atom is -0.369 e. The Balaban J connectivity index is 2.23. The highest BCUT2D eigenvalue weighted by Gasteiger charge is 2.00. The molecule has 0 spiro atoms. The average molecular weight is 223 g/mol. The molecule has 0 aliphatic heterocycles. The minimum atomic E-state index is 0.0735. The topological polar surface area (TPSA) is 50.7 Å². The lowest BCUT2D eigenvalue weighted by Gasteiger charge is -2.06. The molecule has 2 heterocycles. The van der Waals surface area contributed by atoms with Gasteiger partial charge in [0.1, 0.15) is 11.3 Å². The summed E-state index contributed by atoms with van der Waals surface area (Å²) in [6.07, 6.45) is 3.28. The molecule has 2 aromatic rings. The van der Waals surface area contributed by atoms with Crippen LogP contribution in [0.5, 0.6) is 0 Å². The number of nitrogens with zero attached hydrogens (tertiary/aromatic N) is 3. The maximum Gasteiger partial charge on any atom is 0.180 e. The number of hydrogen-bond acceptors (Lipinski definition) is 4. The van der Waals surface area contributed by atoms with Gasteiger partial charge in [-0.3, -0.25) is 4.98 Å². The monoisotopic (exact) mass is 222 g/mol. The summed E-state index contributed by atoms with van der Waals surface area (Å²) in [5.41, 5.74) is 1.44. The van der Waals surface area contributed by atoms with E-state index in [1.54, 1.807) is 12.4 Å². The van der Waals surface area contributed by atoms with E-state index in [9.17, 15) is 0 Å². The van der Waals surface area contributed by atoms with Crippen LogP contribution in [-0.2, 0) is 0 Å². The van der Waals surface area contributed by atoms with E-state index in [-0.39, 0.29) is 5.38 Å². The van der Waals surface area contributed by atoms with Crippen molar-refractivity contribution in [3.05, 3.63) is 24.5 Å². The predicted molar refractivity (Wildman–Crippen MR) is 61.1 cm³/mol. The molecule has 2 rings (SSSR count). The van der Waals surface area contributed by atoms with Gasteiger partial charge >= 0.3 is 0 Å². The lowest BCUT2D eigenvalue weighted by Crippen LogP contribution is -2.11. The van der Waals surface area contributed by atoms with Crippen molar-refractivity contribution in [2.24, 2.45) is 0 Å². The zero-order chi connectivity index (χ0) is 10.7. The first kappa shape index (κ1) is 10.1. The van der Waals surface area contributed by atoms with Crippen LogP contribution in [-0.4, -0.2) is 26.9 Å². The van der Waals surface area contributed by atoms with E-state index in [0.717, 1.165) is 11.3 Å². The molecule has 0 radical (unpaired) electrons. The molecule has 0 fully saturated rings. The van der Waals surface area contributed by atoms with Crippen LogP contribution >= 0.6 is 11.6 Å². The van der Waals surface area contributed by atoms with E-state index in [0.29, 0.717) is 12.2 Å². The van der Waals surface area contributed by atoms with Gasteiger partial charge in [0.05, 0.1) is 0 Å². The zero-order valence-corrected chi connectivity index (χ0v) is 9.07. The van der Waals surface area contributed by atoms with Crippen molar-refractivity contribution in [2.75, 3.05) is 11.9 Å². The fourth-order valence-electron chi connectivity index (χ4n) is 1.20. The first-order valence-corrected chi connectivity index (χ1v) is 5.15. The largest absolute Gasteiger partial charge is 0.369 e. The summed E-state index contributed by atoms with van der Waals surface area (Å²) in [7, 11) is 0. The molecule has 0 bridgehead atoms. The van der Waals surface area contributed by atoms with E-state index in [1.807, 2.05) is 19.1 Å². The smallest absolute Gasteiger partial charge is 0.180 e. The van der Waals surface area contributed by atoms with E-state index in [1.165, 1.54) is 0 Å². The third kappa shape index (κ3) is 2.53. The van der Waals surface area contributed by atoms with E-state index in [4.69, 9.17) is 11.6 Å². The Morgan fingerprint density at radius 2 is 2.13 bits per heavy atom. The number of nitrogens with one attached hydrogen (secondary N) is 1. The molecule has 0 saturated carbocycles. The Labute approximate surface area is 92.7 Å². The molecule has 0 aliphatic carbocycles. The summed E-state index contributed by atoms with van der Waals surface area (Å²) >= 11 is 5.83. The van der Waals surface area contributed by atoms with Crippen LogP contribution in [0.15, 0.2) is 24.5 Å². The molecule has 0 saturated heterocycles. The summed E-state index contributed by atoms with van der Waals surface area (Å²) in [6, 6.07) is 3.76. The predicted octanol–water partition coefficient (Wildman–Crippen LogP) is 2.06. The third-order valence-electron chi connectivity index (χ3n) is 1.90. The second kappa shape index (κ2) is 4.40. The zero-order valence-electron chi connectivity index (χ0n) is 8.31. The van der Waals surface area contributed by atoms with Gasteiger partial charge in [-0.2, -0.15) is 0 Å². The van der Waals surface area contributed by atoms with Crippen LogP contribution < -0.4 is 5.32 Å². The summed E-state index contributed by atoms with van der Waals surface area (Å²) in [6.45, 7) is 2.61. The number of alkyl halides is 1. The maximum absolute atomic E-state index is 5.83. The first-order valence-electron chi connectivity index (χ1n) is 4.71. The molecule has 5 heteroatoms. The van der Waals surface area contributed by atoms with Crippen molar-refractivity contribution in [3.63, 3.8) is 0 Å². The summed E-state index contributed by atoms with van der Waals surface area (Å²) in [5, 5.41) is 3.20. The SMILES string of the molecule is CC(Cl)CNc1ccc2nccnc2n1. The summed E-state index contributed by atoms with van der Waals surface area (Å²) in [5.74, 6) is 0.774. The highest BCUT2D eigenvalue weighted by atomic mass is 35.5. The molecule has 78 valence electrons. The fraction of sp³-hybridized carbons (Fsp3) is 0.300. The lowest BCUT2D eigenvalue weighted by atomic mass is 10.4. The van der Waals surface area contributed by atoms with Gasteiger partial charge in [-0.25, -0.2) is 9.97 Å². The molecule has 0 amide bonds. The van der Waals surface area contributed by atoms with Gasteiger partial charge in [-0.15, -0.1) is 11.6 Å². The first-order chi connectivity index (χ1) is 7.25. The van der Waals surface area contributed by atoms with E-state index < -0.39 is 0 Å². The maximum atomic E-state index is 5.83. The van der Waals surface area contributed by atoms with Gasteiger partial charge in [-0.1, -0.05) is 0 Å². The standard InChI is InChI=1S/C10H11ClN4/c1-7(11)6-14-9-3-2-8-10(15-9)13-5-4-12-8/h2-5,7H,6H2,1H3,(H,13,14,15). The fourth-order valence-corrected chi connectivity index (χ4v) is 1.28. The Bertz CT molecular complexity index is 458. The molecule has 1 atom stereocenters. The number of rotatable bonds is 3. The average Bonchev–Trinajstić information content (AvgIpc) is 2.26.